The van der Waals surface area contributed by atoms with Crippen LogP contribution in [0.15, 0.2) is 30.3 Å². The molecular weight excluding hydrogens is 249 g/mol. The number of pyridine rings is 1. The maximum atomic E-state index is 12.8. The van der Waals surface area contributed by atoms with Gasteiger partial charge in [-0.15, -0.1) is 0 Å². The first-order valence-electron chi connectivity index (χ1n) is 5.62. The highest BCUT2D eigenvalue weighted by atomic mass is 19.1. The summed E-state index contributed by atoms with van der Waals surface area (Å²) < 4.78 is 18.3. The third-order valence-electron chi connectivity index (χ3n) is 2.55. The van der Waals surface area contributed by atoms with Crippen LogP contribution in [0.3, 0.4) is 0 Å². The Hall–Kier alpha value is -2.43. The Balaban J connectivity index is 2.44. The quantitative estimate of drug-likeness (QED) is 0.920. The van der Waals surface area contributed by atoms with Crippen molar-refractivity contribution in [2.75, 3.05) is 0 Å². The Morgan fingerprint density at radius 2 is 1.89 bits per heavy atom. The number of nitrogens with zero attached hydrogens (tertiary/aromatic N) is 1. The summed E-state index contributed by atoms with van der Waals surface area (Å²) in [6.45, 7) is 3.35. The second kappa shape index (κ2) is 5.06. The van der Waals surface area contributed by atoms with Gasteiger partial charge in [-0.25, -0.2) is 9.18 Å². The summed E-state index contributed by atoms with van der Waals surface area (Å²) in [6, 6.07) is 6.91. The topological polar surface area (TPSA) is 59.4 Å². The number of aryl methyl sites for hydroxylation is 2. The number of rotatable bonds is 3. The van der Waals surface area contributed by atoms with Crippen LogP contribution in [0, 0.1) is 19.7 Å². The number of carbonyl (C=O) groups is 1. The summed E-state index contributed by atoms with van der Waals surface area (Å²) in [5, 5.41) is 9.18. The normalized spacial score (nSPS) is 10.3. The predicted octanol–water partition coefficient (Wildman–Crippen LogP) is 3.33. The van der Waals surface area contributed by atoms with Gasteiger partial charge in [-0.2, -0.15) is 0 Å². The lowest BCUT2D eigenvalue weighted by atomic mass is 10.1. The minimum absolute atomic E-state index is 0.00919. The molecule has 2 rings (SSSR count). The zero-order valence-corrected chi connectivity index (χ0v) is 10.5. The minimum Gasteiger partial charge on any atom is -0.477 e. The van der Waals surface area contributed by atoms with Gasteiger partial charge < -0.3 is 9.84 Å². The number of carboxylic acid groups (broad SMARTS) is 1. The number of aromatic nitrogens is 1. The molecule has 0 radical (unpaired) electrons. The maximum absolute atomic E-state index is 12.8. The zero-order chi connectivity index (χ0) is 14.0. The van der Waals surface area contributed by atoms with E-state index in [1.807, 2.05) is 0 Å². The summed E-state index contributed by atoms with van der Waals surface area (Å²) in [7, 11) is 0. The molecule has 0 atom stereocenters. The van der Waals surface area contributed by atoms with Crippen LogP contribution in [0.4, 0.5) is 4.39 Å². The monoisotopic (exact) mass is 261 g/mol. The van der Waals surface area contributed by atoms with E-state index in [1.54, 1.807) is 19.9 Å². The molecule has 0 spiro atoms. The van der Waals surface area contributed by atoms with E-state index in [4.69, 9.17) is 4.74 Å². The summed E-state index contributed by atoms with van der Waals surface area (Å²) >= 11 is 0. The number of halogens is 1. The van der Waals surface area contributed by atoms with Gasteiger partial charge in [0.05, 0.1) is 5.69 Å². The van der Waals surface area contributed by atoms with Gasteiger partial charge in [0.2, 0.25) is 0 Å². The SMILES string of the molecule is Cc1cc(Oc2ccc(F)cc2)c(C(=O)O)c(C)n1. The Labute approximate surface area is 109 Å². The Morgan fingerprint density at radius 3 is 2.47 bits per heavy atom. The van der Waals surface area contributed by atoms with Gasteiger partial charge in [-0.05, 0) is 38.1 Å². The summed E-state index contributed by atoms with van der Waals surface area (Å²) in [5.74, 6) is -0.923. The zero-order valence-electron chi connectivity index (χ0n) is 10.5. The average molecular weight is 261 g/mol. The van der Waals surface area contributed by atoms with Crippen molar-refractivity contribution in [3.05, 3.63) is 53.1 Å². The van der Waals surface area contributed by atoms with Gasteiger partial charge in [0.25, 0.3) is 0 Å². The van der Waals surface area contributed by atoms with Crippen molar-refractivity contribution < 1.29 is 19.0 Å². The van der Waals surface area contributed by atoms with Crippen molar-refractivity contribution in [1.29, 1.82) is 0 Å². The van der Waals surface area contributed by atoms with Crippen molar-refractivity contribution in [3.8, 4) is 11.5 Å². The lowest BCUT2D eigenvalue weighted by molar-refractivity contribution is 0.0692. The molecular formula is C14H12FNO3. The van der Waals surface area contributed by atoms with E-state index in [0.717, 1.165) is 0 Å². The van der Waals surface area contributed by atoms with E-state index in [1.165, 1.54) is 24.3 Å². The molecule has 4 nitrogen and oxygen atoms in total. The average Bonchev–Trinajstić information content (AvgIpc) is 2.30. The number of hydrogen-bond acceptors (Lipinski definition) is 3. The number of aromatic carboxylic acids is 1. The van der Waals surface area contributed by atoms with Crippen molar-refractivity contribution in [3.63, 3.8) is 0 Å². The highest BCUT2D eigenvalue weighted by Gasteiger charge is 2.17. The molecule has 0 bridgehead atoms. The van der Waals surface area contributed by atoms with Gasteiger partial charge in [-0.1, -0.05) is 0 Å². The molecule has 1 aromatic heterocycles. The van der Waals surface area contributed by atoms with Gasteiger partial charge in [0, 0.05) is 11.8 Å². The van der Waals surface area contributed by atoms with Crippen molar-refractivity contribution >= 4 is 5.97 Å². The second-order valence-electron chi connectivity index (χ2n) is 4.08. The van der Waals surface area contributed by atoms with Crippen LogP contribution in [0.1, 0.15) is 21.7 Å². The third-order valence-corrected chi connectivity index (χ3v) is 2.55. The molecule has 1 heterocycles. The molecule has 0 unspecified atom stereocenters. The molecule has 1 N–H and O–H groups in total. The lowest BCUT2D eigenvalue weighted by Crippen LogP contribution is -2.06. The van der Waals surface area contributed by atoms with E-state index >= 15 is 0 Å². The van der Waals surface area contributed by atoms with E-state index in [9.17, 15) is 14.3 Å². The molecule has 98 valence electrons. The molecule has 0 saturated heterocycles. The van der Waals surface area contributed by atoms with Crippen LogP contribution in [-0.4, -0.2) is 16.1 Å². The van der Waals surface area contributed by atoms with Gasteiger partial charge in [0.15, 0.2) is 0 Å². The molecule has 0 aliphatic carbocycles. The molecule has 1 aromatic carbocycles. The molecule has 0 saturated carbocycles. The predicted molar refractivity (Wildman–Crippen MR) is 67.1 cm³/mol. The number of carboxylic acids is 1. The first-order valence-corrected chi connectivity index (χ1v) is 5.62. The van der Waals surface area contributed by atoms with Crippen LogP contribution in [0.25, 0.3) is 0 Å². The van der Waals surface area contributed by atoms with Crippen molar-refractivity contribution in [2.45, 2.75) is 13.8 Å². The van der Waals surface area contributed by atoms with E-state index < -0.39 is 5.97 Å². The summed E-state index contributed by atoms with van der Waals surface area (Å²) in [6.07, 6.45) is 0. The molecule has 0 aliphatic heterocycles. The van der Waals surface area contributed by atoms with Crippen LogP contribution in [-0.2, 0) is 0 Å². The Morgan fingerprint density at radius 1 is 1.26 bits per heavy atom. The standard InChI is InChI=1S/C14H12FNO3/c1-8-7-12(13(14(17)18)9(2)16-8)19-11-5-3-10(15)4-6-11/h3-7H,1-2H3,(H,17,18). The second-order valence-corrected chi connectivity index (χ2v) is 4.08. The molecule has 0 aliphatic rings. The Kier molecular flexibility index (Phi) is 3.46. The first-order chi connectivity index (χ1) is 8.97. The molecule has 0 amide bonds. The number of ether oxygens (including phenoxy) is 1. The van der Waals surface area contributed by atoms with Crippen LogP contribution in [0.5, 0.6) is 11.5 Å². The third kappa shape index (κ3) is 2.88. The van der Waals surface area contributed by atoms with E-state index in [-0.39, 0.29) is 17.1 Å². The van der Waals surface area contributed by atoms with Crippen LogP contribution in [0.2, 0.25) is 0 Å². The van der Waals surface area contributed by atoms with Crippen molar-refractivity contribution in [1.82, 2.24) is 4.98 Å². The smallest absolute Gasteiger partial charge is 0.341 e. The largest absolute Gasteiger partial charge is 0.477 e. The fourth-order valence-electron chi connectivity index (χ4n) is 1.76. The van der Waals surface area contributed by atoms with E-state index in [2.05, 4.69) is 4.98 Å². The minimum atomic E-state index is -1.11. The molecule has 5 heteroatoms. The highest BCUT2D eigenvalue weighted by molar-refractivity contribution is 5.92. The number of hydrogen-bond donors (Lipinski definition) is 1. The first kappa shape index (κ1) is 13.0. The summed E-state index contributed by atoms with van der Waals surface area (Å²) in [4.78, 5) is 15.3. The Bertz CT molecular complexity index is 623. The van der Waals surface area contributed by atoms with Crippen molar-refractivity contribution in [2.24, 2.45) is 0 Å². The fraction of sp³-hybridized carbons (Fsp3) is 0.143. The van der Waals surface area contributed by atoms with Gasteiger partial charge >= 0.3 is 5.97 Å². The highest BCUT2D eigenvalue weighted by Crippen LogP contribution is 2.27. The number of benzene rings is 1. The van der Waals surface area contributed by atoms with E-state index in [0.29, 0.717) is 17.1 Å². The molecule has 0 fully saturated rings. The summed E-state index contributed by atoms with van der Waals surface area (Å²) in [5.41, 5.74) is 1.04. The van der Waals surface area contributed by atoms with Gasteiger partial charge in [-0.3, -0.25) is 4.98 Å². The lowest BCUT2D eigenvalue weighted by Gasteiger charge is -2.11. The van der Waals surface area contributed by atoms with Gasteiger partial charge in [0.1, 0.15) is 22.9 Å². The van der Waals surface area contributed by atoms with Crippen LogP contribution >= 0.6 is 0 Å². The van der Waals surface area contributed by atoms with Crippen LogP contribution < -0.4 is 4.74 Å². The fourth-order valence-corrected chi connectivity index (χ4v) is 1.76. The molecule has 19 heavy (non-hydrogen) atoms. The maximum Gasteiger partial charge on any atom is 0.341 e. The molecule has 2 aromatic rings.